The lowest BCUT2D eigenvalue weighted by Crippen LogP contribution is -2.21. The third-order valence-corrected chi connectivity index (χ3v) is 1.23. The van der Waals surface area contributed by atoms with Crippen LogP contribution in [0.15, 0.2) is 17.4 Å². The fraction of sp³-hybridized carbons (Fsp3) is 0.400. The van der Waals surface area contributed by atoms with Gasteiger partial charge in [0, 0.05) is 24.2 Å². The maximum absolute atomic E-state index is 8.56. The Morgan fingerprint density at radius 1 is 1.89 bits per heavy atom. The largest absolute Gasteiger partial charge is 0.390 e. The first-order chi connectivity index (χ1) is 4.33. The SMILES string of the molecule is OCC1=NC=CN(Cl)C1. The third kappa shape index (κ3) is 1.69. The molecule has 1 rings (SSSR count). The zero-order valence-corrected chi connectivity index (χ0v) is 5.54. The molecule has 0 fully saturated rings. The number of aliphatic hydroxyl groups excluding tert-OH is 1. The molecule has 0 unspecified atom stereocenters. The average Bonchev–Trinajstić information content (AvgIpc) is 1.88. The minimum absolute atomic E-state index is 0.0203. The molecule has 0 aromatic rings. The van der Waals surface area contributed by atoms with Gasteiger partial charge in [-0.3, -0.25) is 9.41 Å². The molecule has 9 heavy (non-hydrogen) atoms. The van der Waals surface area contributed by atoms with Gasteiger partial charge in [-0.25, -0.2) is 0 Å². The molecule has 3 nitrogen and oxygen atoms in total. The van der Waals surface area contributed by atoms with E-state index >= 15 is 0 Å². The van der Waals surface area contributed by atoms with Crippen LogP contribution in [0.4, 0.5) is 0 Å². The van der Waals surface area contributed by atoms with E-state index in [1.54, 1.807) is 12.4 Å². The molecule has 0 radical (unpaired) electrons. The summed E-state index contributed by atoms with van der Waals surface area (Å²) in [4.78, 5) is 3.86. The van der Waals surface area contributed by atoms with Crippen molar-refractivity contribution in [2.45, 2.75) is 0 Å². The van der Waals surface area contributed by atoms with E-state index in [0.29, 0.717) is 12.3 Å². The van der Waals surface area contributed by atoms with Crippen molar-refractivity contribution in [3.63, 3.8) is 0 Å². The van der Waals surface area contributed by atoms with Crippen LogP contribution in [-0.2, 0) is 0 Å². The molecule has 0 amide bonds. The number of aliphatic imine (C=N–C) groups is 1. The first-order valence-electron chi connectivity index (χ1n) is 2.58. The maximum Gasteiger partial charge on any atom is 0.0832 e. The Balaban J connectivity index is 2.55. The Hall–Kier alpha value is -0.540. The first kappa shape index (κ1) is 6.58. The lowest BCUT2D eigenvalue weighted by molar-refractivity contribution is 0.353. The van der Waals surface area contributed by atoms with Crippen LogP contribution in [0.25, 0.3) is 0 Å². The van der Waals surface area contributed by atoms with Crippen molar-refractivity contribution in [3.05, 3.63) is 12.4 Å². The second kappa shape index (κ2) is 2.85. The molecule has 1 aliphatic heterocycles. The van der Waals surface area contributed by atoms with Crippen molar-refractivity contribution in [3.8, 4) is 0 Å². The van der Waals surface area contributed by atoms with Crippen LogP contribution in [0, 0.1) is 0 Å². The molecule has 1 heterocycles. The standard InChI is InChI=1S/C5H7ClN2O/c6-8-2-1-7-5(3-8)4-9/h1-2,9H,3-4H2. The molecule has 0 atom stereocenters. The molecule has 0 aliphatic carbocycles. The fourth-order valence-corrected chi connectivity index (χ4v) is 0.758. The monoisotopic (exact) mass is 146 g/mol. The lowest BCUT2D eigenvalue weighted by Gasteiger charge is -2.13. The summed E-state index contributed by atoms with van der Waals surface area (Å²) in [5, 5.41) is 8.56. The molecule has 0 spiro atoms. The van der Waals surface area contributed by atoms with Gasteiger partial charge < -0.3 is 5.11 Å². The quantitative estimate of drug-likeness (QED) is 0.543. The molecule has 0 bridgehead atoms. The predicted octanol–water partition coefficient (Wildman–Crippen LogP) is 0.360. The van der Waals surface area contributed by atoms with Crippen LogP contribution in [-0.4, -0.2) is 28.4 Å². The van der Waals surface area contributed by atoms with Gasteiger partial charge in [-0.1, -0.05) is 0 Å². The molecule has 0 aromatic heterocycles. The summed E-state index contributed by atoms with van der Waals surface area (Å²) in [5.74, 6) is 0. The summed E-state index contributed by atoms with van der Waals surface area (Å²) in [5.41, 5.74) is 0.688. The zero-order valence-electron chi connectivity index (χ0n) is 4.79. The molecule has 4 heteroatoms. The van der Waals surface area contributed by atoms with Crippen LogP contribution in [0.2, 0.25) is 0 Å². The van der Waals surface area contributed by atoms with Crippen molar-refractivity contribution in [2.75, 3.05) is 13.2 Å². The van der Waals surface area contributed by atoms with Gasteiger partial charge in [-0.05, 0) is 0 Å². The Labute approximate surface area is 58.4 Å². The smallest absolute Gasteiger partial charge is 0.0832 e. The van der Waals surface area contributed by atoms with Crippen molar-refractivity contribution in [2.24, 2.45) is 4.99 Å². The number of rotatable bonds is 1. The summed E-state index contributed by atoms with van der Waals surface area (Å²) in [7, 11) is 0. The molecule has 50 valence electrons. The number of halogens is 1. The van der Waals surface area contributed by atoms with Gasteiger partial charge in [0.2, 0.25) is 0 Å². The van der Waals surface area contributed by atoms with E-state index in [0.717, 1.165) is 0 Å². The van der Waals surface area contributed by atoms with Gasteiger partial charge in [0.1, 0.15) is 0 Å². The molecule has 1 aliphatic rings. The highest BCUT2D eigenvalue weighted by atomic mass is 35.5. The van der Waals surface area contributed by atoms with E-state index in [2.05, 4.69) is 4.99 Å². The molecule has 0 saturated carbocycles. The number of hydrogen-bond acceptors (Lipinski definition) is 3. The Morgan fingerprint density at radius 3 is 3.11 bits per heavy atom. The number of aliphatic hydroxyl groups is 1. The minimum Gasteiger partial charge on any atom is -0.390 e. The van der Waals surface area contributed by atoms with Gasteiger partial charge in [0.05, 0.1) is 18.9 Å². The lowest BCUT2D eigenvalue weighted by atomic mass is 10.4. The zero-order chi connectivity index (χ0) is 6.69. The highest BCUT2D eigenvalue weighted by Crippen LogP contribution is 2.01. The van der Waals surface area contributed by atoms with E-state index in [-0.39, 0.29) is 6.61 Å². The highest BCUT2D eigenvalue weighted by molar-refractivity contribution is 6.15. The summed E-state index contributed by atoms with van der Waals surface area (Å²) >= 11 is 5.54. The molecular weight excluding hydrogens is 140 g/mol. The van der Waals surface area contributed by atoms with Gasteiger partial charge in [-0.2, -0.15) is 0 Å². The van der Waals surface area contributed by atoms with Gasteiger partial charge in [-0.15, -0.1) is 0 Å². The maximum atomic E-state index is 8.56. The van der Waals surface area contributed by atoms with E-state index in [9.17, 15) is 0 Å². The number of hydrogen-bond donors (Lipinski definition) is 1. The predicted molar refractivity (Wildman–Crippen MR) is 36.2 cm³/mol. The van der Waals surface area contributed by atoms with Crippen molar-refractivity contribution in [1.29, 1.82) is 0 Å². The number of nitrogens with zero attached hydrogens (tertiary/aromatic N) is 2. The fourth-order valence-electron chi connectivity index (χ4n) is 0.570. The van der Waals surface area contributed by atoms with E-state index in [1.165, 1.54) is 4.42 Å². The summed E-state index contributed by atoms with van der Waals surface area (Å²) in [6.07, 6.45) is 3.20. The van der Waals surface area contributed by atoms with Crippen molar-refractivity contribution >= 4 is 17.5 Å². The molecule has 1 N–H and O–H groups in total. The van der Waals surface area contributed by atoms with Crippen molar-refractivity contribution < 1.29 is 5.11 Å². The molecule has 0 saturated heterocycles. The molecular formula is C5H7ClN2O. The van der Waals surface area contributed by atoms with Crippen LogP contribution in [0.3, 0.4) is 0 Å². The van der Waals surface area contributed by atoms with E-state index < -0.39 is 0 Å². The van der Waals surface area contributed by atoms with E-state index in [4.69, 9.17) is 16.9 Å². The summed E-state index contributed by atoms with van der Waals surface area (Å²) in [6, 6.07) is 0. The van der Waals surface area contributed by atoms with Crippen LogP contribution in [0.5, 0.6) is 0 Å². The molecule has 0 aromatic carbocycles. The Kier molecular flexibility index (Phi) is 2.08. The van der Waals surface area contributed by atoms with Crippen LogP contribution < -0.4 is 0 Å². The first-order valence-corrected chi connectivity index (χ1v) is 2.92. The second-order valence-electron chi connectivity index (χ2n) is 1.71. The van der Waals surface area contributed by atoms with Gasteiger partial charge in [0.25, 0.3) is 0 Å². The Morgan fingerprint density at radius 2 is 2.67 bits per heavy atom. The summed E-state index contributed by atoms with van der Waals surface area (Å²) < 4.78 is 1.44. The Bertz CT molecular complexity index is 155. The topological polar surface area (TPSA) is 35.8 Å². The normalized spacial score (nSPS) is 18.0. The van der Waals surface area contributed by atoms with Gasteiger partial charge in [0.15, 0.2) is 0 Å². The van der Waals surface area contributed by atoms with Crippen LogP contribution in [0.1, 0.15) is 0 Å². The van der Waals surface area contributed by atoms with Crippen LogP contribution >= 0.6 is 11.8 Å². The van der Waals surface area contributed by atoms with Crippen molar-refractivity contribution in [1.82, 2.24) is 4.42 Å². The summed E-state index contributed by atoms with van der Waals surface area (Å²) in [6.45, 7) is 0.488. The highest BCUT2D eigenvalue weighted by Gasteiger charge is 2.03. The van der Waals surface area contributed by atoms with E-state index in [1.807, 2.05) is 0 Å². The second-order valence-corrected chi connectivity index (χ2v) is 2.14. The van der Waals surface area contributed by atoms with Gasteiger partial charge >= 0.3 is 0 Å². The average molecular weight is 147 g/mol. The minimum atomic E-state index is -0.0203. The third-order valence-electron chi connectivity index (χ3n) is 1.00.